The van der Waals surface area contributed by atoms with Crippen LogP contribution in [0.3, 0.4) is 0 Å². The number of halogens is 1. The molecular weight excluding hydrogens is 291 g/mol. The molecule has 0 atom stereocenters. The zero-order valence-corrected chi connectivity index (χ0v) is 13.1. The first-order valence-electron chi connectivity index (χ1n) is 8.07. The molecule has 1 aliphatic carbocycles. The Morgan fingerprint density at radius 2 is 2.04 bits per heavy atom. The predicted molar refractivity (Wildman–Crippen MR) is 89.6 cm³/mol. The summed E-state index contributed by atoms with van der Waals surface area (Å²) in [6.07, 6.45) is 8.85. The van der Waals surface area contributed by atoms with Gasteiger partial charge in [-0.3, -0.25) is 0 Å². The summed E-state index contributed by atoms with van der Waals surface area (Å²) in [7, 11) is 1.81. The number of aromatic nitrogens is 3. The van der Waals surface area contributed by atoms with Crippen molar-refractivity contribution in [2.75, 3.05) is 12.4 Å². The molecule has 4 rings (SSSR count). The number of hydrogen-bond acceptors (Lipinski definition) is 3. The van der Waals surface area contributed by atoms with Crippen molar-refractivity contribution in [3.63, 3.8) is 0 Å². The first kappa shape index (κ1) is 14.2. The minimum absolute atomic E-state index is 0.298. The van der Waals surface area contributed by atoms with E-state index in [-0.39, 0.29) is 5.82 Å². The second kappa shape index (κ2) is 5.65. The van der Waals surface area contributed by atoms with Gasteiger partial charge in [-0.2, -0.15) is 0 Å². The highest BCUT2D eigenvalue weighted by atomic mass is 19.1. The van der Waals surface area contributed by atoms with E-state index in [0.29, 0.717) is 17.3 Å². The number of nitrogens with zero attached hydrogens (tertiary/aromatic N) is 3. The SMILES string of the molecule is CNc1ccc(F)c(-n2cc3cc(C4CCCC4)cnc3n2)c1. The van der Waals surface area contributed by atoms with Crippen molar-refractivity contribution in [1.82, 2.24) is 14.8 Å². The molecule has 3 aromatic rings. The molecule has 0 radical (unpaired) electrons. The van der Waals surface area contributed by atoms with Crippen LogP contribution in [0.1, 0.15) is 37.2 Å². The van der Waals surface area contributed by atoms with Crippen LogP contribution < -0.4 is 5.32 Å². The van der Waals surface area contributed by atoms with Gasteiger partial charge < -0.3 is 5.32 Å². The molecule has 2 aromatic heterocycles. The van der Waals surface area contributed by atoms with Gasteiger partial charge in [0.2, 0.25) is 0 Å². The van der Waals surface area contributed by atoms with Crippen molar-refractivity contribution in [1.29, 1.82) is 0 Å². The lowest BCUT2D eigenvalue weighted by Crippen LogP contribution is -2.00. The van der Waals surface area contributed by atoms with Gasteiger partial charge in [0.1, 0.15) is 11.5 Å². The molecule has 0 unspecified atom stereocenters. The summed E-state index contributed by atoms with van der Waals surface area (Å²) in [6, 6.07) is 7.06. The molecule has 118 valence electrons. The van der Waals surface area contributed by atoms with Crippen molar-refractivity contribution in [2.24, 2.45) is 0 Å². The molecule has 0 aliphatic heterocycles. The summed E-state index contributed by atoms with van der Waals surface area (Å²) >= 11 is 0. The monoisotopic (exact) mass is 310 g/mol. The Bertz CT molecular complexity index is 849. The lowest BCUT2D eigenvalue weighted by atomic mass is 9.99. The van der Waals surface area contributed by atoms with E-state index in [1.807, 2.05) is 19.4 Å². The normalized spacial score (nSPS) is 15.4. The van der Waals surface area contributed by atoms with Gasteiger partial charge in [0.25, 0.3) is 0 Å². The Balaban J connectivity index is 1.76. The van der Waals surface area contributed by atoms with Crippen molar-refractivity contribution in [3.8, 4) is 5.69 Å². The number of rotatable bonds is 3. The van der Waals surface area contributed by atoms with Crippen LogP contribution in [0.2, 0.25) is 0 Å². The average Bonchev–Trinajstić information content (AvgIpc) is 3.24. The maximum absolute atomic E-state index is 14.1. The molecule has 1 saturated carbocycles. The van der Waals surface area contributed by atoms with Crippen LogP contribution in [0, 0.1) is 5.82 Å². The Morgan fingerprint density at radius 1 is 1.22 bits per heavy atom. The van der Waals surface area contributed by atoms with Gasteiger partial charge in [-0.15, -0.1) is 5.10 Å². The topological polar surface area (TPSA) is 42.7 Å². The smallest absolute Gasteiger partial charge is 0.181 e. The fourth-order valence-corrected chi connectivity index (χ4v) is 3.38. The van der Waals surface area contributed by atoms with Crippen LogP contribution in [0.5, 0.6) is 0 Å². The van der Waals surface area contributed by atoms with E-state index < -0.39 is 0 Å². The largest absolute Gasteiger partial charge is 0.388 e. The minimum Gasteiger partial charge on any atom is -0.388 e. The Labute approximate surface area is 134 Å². The zero-order valence-electron chi connectivity index (χ0n) is 13.1. The summed E-state index contributed by atoms with van der Waals surface area (Å²) in [5.41, 5.74) is 3.21. The second-order valence-corrected chi connectivity index (χ2v) is 6.15. The summed E-state index contributed by atoms with van der Waals surface area (Å²) < 4.78 is 15.7. The fraction of sp³-hybridized carbons (Fsp3) is 0.333. The highest BCUT2D eigenvalue weighted by Gasteiger charge is 2.18. The Hall–Kier alpha value is -2.43. The molecule has 1 aliphatic rings. The Morgan fingerprint density at radius 3 is 2.83 bits per heavy atom. The van der Waals surface area contributed by atoms with Crippen molar-refractivity contribution < 1.29 is 4.39 Å². The van der Waals surface area contributed by atoms with Gasteiger partial charge in [0.15, 0.2) is 5.65 Å². The van der Waals surface area contributed by atoms with E-state index >= 15 is 0 Å². The molecule has 4 nitrogen and oxygen atoms in total. The molecule has 1 N–H and O–H groups in total. The van der Waals surface area contributed by atoms with Gasteiger partial charge in [-0.05, 0) is 48.6 Å². The summed E-state index contributed by atoms with van der Waals surface area (Å²) in [5.74, 6) is 0.312. The first-order valence-corrected chi connectivity index (χ1v) is 8.07. The minimum atomic E-state index is -0.298. The van der Waals surface area contributed by atoms with Gasteiger partial charge >= 0.3 is 0 Å². The predicted octanol–water partition coefficient (Wildman–Crippen LogP) is 4.26. The molecular formula is C18H19FN4. The molecule has 0 spiro atoms. The highest BCUT2D eigenvalue weighted by Crippen LogP contribution is 2.34. The number of pyridine rings is 1. The maximum Gasteiger partial charge on any atom is 0.181 e. The van der Waals surface area contributed by atoms with Crippen LogP contribution in [0.25, 0.3) is 16.7 Å². The van der Waals surface area contributed by atoms with Gasteiger partial charge in [0, 0.05) is 30.5 Å². The van der Waals surface area contributed by atoms with Crippen LogP contribution in [-0.2, 0) is 0 Å². The van der Waals surface area contributed by atoms with Crippen molar-refractivity contribution >= 4 is 16.7 Å². The fourth-order valence-electron chi connectivity index (χ4n) is 3.38. The molecule has 0 amide bonds. The maximum atomic E-state index is 14.1. The van der Waals surface area contributed by atoms with Crippen LogP contribution in [0.15, 0.2) is 36.7 Å². The molecule has 0 saturated heterocycles. The number of nitrogens with one attached hydrogen (secondary N) is 1. The van der Waals surface area contributed by atoms with Crippen LogP contribution in [0.4, 0.5) is 10.1 Å². The van der Waals surface area contributed by atoms with E-state index in [0.717, 1.165) is 11.1 Å². The average molecular weight is 310 g/mol. The third-order valence-electron chi connectivity index (χ3n) is 4.69. The zero-order chi connectivity index (χ0) is 15.8. The van der Waals surface area contributed by atoms with E-state index in [1.165, 1.54) is 37.3 Å². The van der Waals surface area contributed by atoms with E-state index in [2.05, 4.69) is 21.5 Å². The van der Waals surface area contributed by atoms with Crippen molar-refractivity contribution in [2.45, 2.75) is 31.6 Å². The second-order valence-electron chi connectivity index (χ2n) is 6.15. The van der Waals surface area contributed by atoms with E-state index in [9.17, 15) is 4.39 Å². The standard InChI is InChI=1S/C18H19FN4/c1-20-15-6-7-16(19)17(9-15)23-11-14-8-13(10-21-18(14)22-23)12-4-2-3-5-12/h6-12,20H,2-5H2,1H3. The third kappa shape index (κ3) is 2.56. The van der Waals surface area contributed by atoms with E-state index in [1.54, 1.807) is 16.8 Å². The number of anilines is 1. The van der Waals surface area contributed by atoms with Gasteiger partial charge in [-0.1, -0.05) is 12.8 Å². The molecule has 1 aromatic carbocycles. The number of hydrogen-bond donors (Lipinski definition) is 1. The van der Waals surface area contributed by atoms with Gasteiger partial charge in [0.05, 0.1) is 0 Å². The number of benzene rings is 1. The number of fused-ring (bicyclic) bond motifs is 1. The molecule has 2 heterocycles. The molecule has 23 heavy (non-hydrogen) atoms. The summed E-state index contributed by atoms with van der Waals surface area (Å²) in [5, 5.41) is 8.41. The van der Waals surface area contributed by atoms with Crippen LogP contribution in [-0.4, -0.2) is 21.8 Å². The quantitative estimate of drug-likeness (QED) is 0.786. The molecule has 5 heteroatoms. The summed E-state index contributed by atoms with van der Waals surface area (Å²) in [4.78, 5) is 4.47. The van der Waals surface area contributed by atoms with E-state index in [4.69, 9.17) is 0 Å². The molecule has 0 bridgehead atoms. The van der Waals surface area contributed by atoms with Crippen molar-refractivity contribution in [3.05, 3.63) is 48.0 Å². The highest BCUT2D eigenvalue weighted by molar-refractivity contribution is 5.75. The third-order valence-corrected chi connectivity index (χ3v) is 4.69. The lowest BCUT2D eigenvalue weighted by Gasteiger charge is -2.07. The Kier molecular flexibility index (Phi) is 3.48. The van der Waals surface area contributed by atoms with Crippen LogP contribution >= 0.6 is 0 Å². The summed E-state index contributed by atoms with van der Waals surface area (Å²) in [6.45, 7) is 0. The first-order chi connectivity index (χ1) is 11.2. The lowest BCUT2D eigenvalue weighted by molar-refractivity contribution is 0.611. The molecule has 1 fully saturated rings. The van der Waals surface area contributed by atoms with Gasteiger partial charge in [-0.25, -0.2) is 14.1 Å².